The number of nitrogens with zero attached hydrogens (tertiary/aromatic N) is 2. The number of halogens is 1. The van der Waals surface area contributed by atoms with Crippen LogP contribution in [0.5, 0.6) is 5.75 Å². The fraction of sp³-hybridized carbons (Fsp3) is 0.353. The smallest absolute Gasteiger partial charge is 0.242 e. The van der Waals surface area contributed by atoms with Gasteiger partial charge in [-0.05, 0) is 54.7 Å². The predicted octanol–water partition coefficient (Wildman–Crippen LogP) is 6.50. The summed E-state index contributed by atoms with van der Waals surface area (Å²) in [5.41, 5.74) is 3.91. The highest BCUT2D eigenvalue weighted by molar-refractivity contribution is 5.86. The van der Waals surface area contributed by atoms with Gasteiger partial charge in [-0.3, -0.25) is 9.59 Å². The zero-order valence-corrected chi connectivity index (χ0v) is 23.7. The minimum Gasteiger partial charge on any atom is -0.496 e. The summed E-state index contributed by atoms with van der Waals surface area (Å²) in [5, 5.41) is 1.14. The first-order valence-electron chi connectivity index (χ1n) is 14.5. The molecule has 6 nitrogen and oxygen atoms in total. The lowest BCUT2D eigenvalue weighted by atomic mass is 9.88. The number of benzene rings is 3. The van der Waals surface area contributed by atoms with E-state index in [4.69, 9.17) is 4.74 Å². The number of H-pyrrole nitrogens is 1. The SMILES string of the molecule is COc1ccccc1CN(CCc1c[nH]c2ccccc12)C(=O)CN(Cc1ccc(F)cc1)C(=O)C1CCCCC1. The minimum atomic E-state index is -0.324. The Balaban J connectivity index is 1.39. The van der Waals surface area contributed by atoms with Crippen molar-refractivity contribution in [3.63, 3.8) is 0 Å². The zero-order valence-electron chi connectivity index (χ0n) is 23.7. The molecule has 1 saturated carbocycles. The van der Waals surface area contributed by atoms with Crippen LogP contribution in [0.25, 0.3) is 10.9 Å². The number of fused-ring (bicyclic) bond motifs is 1. The normalized spacial score (nSPS) is 13.7. The Kier molecular flexibility index (Phi) is 9.34. The second-order valence-corrected chi connectivity index (χ2v) is 10.9. The van der Waals surface area contributed by atoms with Gasteiger partial charge in [0.15, 0.2) is 0 Å². The first-order valence-corrected chi connectivity index (χ1v) is 14.5. The predicted molar refractivity (Wildman–Crippen MR) is 159 cm³/mol. The van der Waals surface area contributed by atoms with Crippen molar-refractivity contribution in [2.75, 3.05) is 20.2 Å². The molecule has 1 aliphatic carbocycles. The number of para-hydroxylation sites is 2. The Hall–Kier alpha value is -4.13. The third kappa shape index (κ3) is 7.15. The Morgan fingerprint density at radius 1 is 0.878 bits per heavy atom. The number of ether oxygens (including phenoxy) is 1. The number of hydrogen-bond acceptors (Lipinski definition) is 3. The van der Waals surface area contributed by atoms with E-state index in [1.54, 1.807) is 24.1 Å². The van der Waals surface area contributed by atoms with E-state index in [1.165, 1.54) is 12.1 Å². The van der Waals surface area contributed by atoms with Crippen LogP contribution in [-0.4, -0.2) is 46.8 Å². The van der Waals surface area contributed by atoms with Crippen molar-refractivity contribution in [1.82, 2.24) is 14.8 Å². The van der Waals surface area contributed by atoms with Gasteiger partial charge < -0.3 is 19.5 Å². The molecule has 0 unspecified atom stereocenters. The van der Waals surface area contributed by atoms with Crippen LogP contribution in [0.4, 0.5) is 4.39 Å². The van der Waals surface area contributed by atoms with Gasteiger partial charge in [-0.1, -0.05) is 67.8 Å². The van der Waals surface area contributed by atoms with Crippen LogP contribution in [0.2, 0.25) is 0 Å². The molecule has 0 bridgehead atoms. The summed E-state index contributed by atoms with van der Waals surface area (Å²) >= 11 is 0. The molecular formula is C34H38FN3O3. The highest BCUT2D eigenvalue weighted by atomic mass is 19.1. The average Bonchev–Trinajstić information content (AvgIpc) is 3.43. The third-order valence-corrected chi connectivity index (χ3v) is 8.11. The Morgan fingerprint density at radius 2 is 1.61 bits per heavy atom. The second kappa shape index (κ2) is 13.5. The largest absolute Gasteiger partial charge is 0.496 e. The van der Waals surface area contributed by atoms with E-state index in [-0.39, 0.29) is 36.6 Å². The molecule has 214 valence electrons. The summed E-state index contributed by atoms with van der Waals surface area (Å²) in [5.74, 6) is 0.207. The molecule has 1 heterocycles. The molecule has 41 heavy (non-hydrogen) atoms. The van der Waals surface area contributed by atoms with Gasteiger partial charge in [-0.25, -0.2) is 4.39 Å². The standard InChI is InChI=1S/C34H38FN3O3/c1-41-32-14-8-5-11-28(32)23-37(20-19-27-21-36-31-13-7-6-12-30(27)31)33(39)24-38(22-25-15-17-29(35)18-16-25)34(40)26-9-3-2-4-10-26/h5-8,11-18,21,26,36H,2-4,9-10,19-20,22-24H2,1H3. The van der Waals surface area contributed by atoms with Gasteiger partial charge in [0.05, 0.1) is 7.11 Å². The molecule has 2 amide bonds. The first-order chi connectivity index (χ1) is 20.0. The van der Waals surface area contributed by atoms with Crippen LogP contribution in [0, 0.1) is 11.7 Å². The number of aromatic nitrogens is 1. The first kappa shape index (κ1) is 28.4. The molecule has 4 aromatic rings. The second-order valence-electron chi connectivity index (χ2n) is 10.9. The summed E-state index contributed by atoms with van der Waals surface area (Å²) in [6.45, 7) is 1.09. The molecule has 0 saturated heterocycles. The molecule has 1 aliphatic rings. The lowest BCUT2D eigenvalue weighted by Crippen LogP contribution is -2.45. The molecule has 5 rings (SSSR count). The van der Waals surface area contributed by atoms with E-state index in [0.717, 1.165) is 65.4 Å². The Bertz CT molecular complexity index is 1460. The van der Waals surface area contributed by atoms with Crippen LogP contribution in [0.15, 0.2) is 79.0 Å². The molecule has 3 aromatic carbocycles. The molecule has 0 spiro atoms. The number of methoxy groups -OCH3 is 1. The van der Waals surface area contributed by atoms with Gasteiger partial charge in [0.2, 0.25) is 11.8 Å². The van der Waals surface area contributed by atoms with Gasteiger partial charge in [0.1, 0.15) is 18.1 Å². The maximum Gasteiger partial charge on any atom is 0.242 e. The van der Waals surface area contributed by atoms with Crippen LogP contribution in [0.3, 0.4) is 0 Å². The molecule has 7 heteroatoms. The van der Waals surface area contributed by atoms with Crippen molar-refractivity contribution < 1.29 is 18.7 Å². The average molecular weight is 556 g/mol. The highest BCUT2D eigenvalue weighted by Crippen LogP contribution is 2.27. The van der Waals surface area contributed by atoms with Crippen LogP contribution >= 0.6 is 0 Å². The summed E-state index contributed by atoms with van der Waals surface area (Å²) in [7, 11) is 1.63. The van der Waals surface area contributed by atoms with Crippen LogP contribution < -0.4 is 4.74 Å². The molecule has 0 aliphatic heterocycles. The lowest BCUT2D eigenvalue weighted by molar-refractivity contribution is -0.144. The van der Waals surface area contributed by atoms with Crippen LogP contribution in [-0.2, 0) is 29.1 Å². The summed E-state index contributed by atoms with van der Waals surface area (Å²) < 4.78 is 19.2. The van der Waals surface area contributed by atoms with Crippen molar-refractivity contribution in [2.24, 2.45) is 5.92 Å². The molecule has 0 radical (unpaired) electrons. The van der Waals surface area contributed by atoms with Gasteiger partial charge in [0, 0.05) is 48.2 Å². The van der Waals surface area contributed by atoms with Gasteiger partial charge in [-0.2, -0.15) is 0 Å². The maximum absolute atomic E-state index is 14.0. The number of hydrogen-bond donors (Lipinski definition) is 1. The van der Waals surface area contributed by atoms with Crippen molar-refractivity contribution in [3.05, 3.63) is 102 Å². The van der Waals surface area contributed by atoms with E-state index >= 15 is 0 Å². The molecule has 1 aromatic heterocycles. The monoisotopic (exact) mass is 555 g/mol. The van der Waals surface area contributed by atoms with Crippen molar-refractivity contribution >= 4 is 22.7 Å². The highest BCUT2D eigenvalue weighted by Gasteiger charge is 2.29. The van der Waals surface area contributed by atoms with Crippen molar-refractivity contribution in [1.29, 1.82) is 0 Å². The molecule has 1 N–H and O–H groups in total. The summed E-state index contributed by atoms with van der Waals surface area (Å²) in [6, 6.07) is 22.0. The molecular weight excluding hydrogens is 517 g/mol. The van der Waals surface area contributed by atoms with Gasteiger partial charge in [-0.15, -0.1) is 0 Å². The topological polar surface area (TPSA) is 65.6 Å². The van der Waals surface area contributed by atoms with Gasteiger partial charge in [0.25, 0.3) is 0 Å². The van der Waals surface area contributed by atoms with E-state index in [9.17, 15) is 14.0 Å². The number of rotatable bonds is 11. The molecule has 0 atom stereocenters. The van der Waals surface area contributed by atoms with Gasteiger partial charge >= 0.3 is 0 Å². The number of carbonyl (C=O) groups is 2. The quantitative estimate of drug-likeness (QED) is 0.230. The number of amides is 2. The van der Waals surface area contributed by atoms with Crippen molar-refractivity contribution in [2.45, 2.75) is 51.6 Å². The number of carbonyl (C=O) groups excluding carboxylic acids is 2. The maximum atomic E-state index is 14.0. The fourth-order valence-electron chi connectivity index (χ4n) is 5.82. The Labute approximate surface area is 241 Å². The van der Waals surface area contributed by atoms with E-state index < -0.39 is 0 Å². The third-order valence-electron chi connectivity index (χ3n) is 8.11. The minimum absolute atomic E-state index is 0.0104. The van der Waals surface area contributed by atoms with Crippen LogP contribution in [0.1, 0.15) is 48.8 Å². The van der Waals surface area contributed by atoms with E-state index in [1.807, 2.05) is 53.6 Å². The molecule has 1 fully saturated rings. The summed E-state index contributed by atoms with van der Waals surface area (Å²) in [4.78, 5) is 34.6. The van der Waals surface area contributed by atoms with E-state index in [0.29, 0.717) is 19.5 Å². The number of nitrogens with one attached hydrogen (secondary N) is 1. The lowest BCUT2D eigenvalue weighted by Gasteiger charge is -2.31. The van der Waals surface area contributed by atoms with E-state index in [2.05, 4.69) is 11.1 Å². The zero-order chi connectivity index (χ0) is 28.6. The number of aromatic amines is 1. The summed E-state index contributed by atoms with van der Waals surface area (Å²) in [6.07, 6.45) is 7.56. The Morgan fingerprint density at radius 3 is 2.39 bits per heavy atom. The fourth-order valence-corrected chi connectivity index (χ4v) is 5.82. The van der Waals surface area contributed by atoms with Crippen molar-refractivity contribution in [3.8, 4) is 5.75 Å².